The second-order valence-electron chi connectivity index (χ2n) is 6.73. The number of piperidine rings is 1. The number of esters is 1. The third kappa shape index (κ3) is 3.03. The van der Waals surface area contributed by atoms with Crippen LogP contribution in [0, 0.1) is 6.92 Å². The van der Waals surface area contributed by atoms with Gasteiger partial charge in [0.15, 0.2) is 0 Å². The fourth-order valence-corrected chi connectivity index (χ4v) is 3.91. The summed E-state index contributed by atoms with van der Waals surface area (Å²) in [5, 5.41) is 9.62. The van der Waals surface area contributed by atoms with Crippen LogP contribution < -0.4 is 0 Å². The van der Waals surface area contributed by atoms with Crippen LogP contribution in [0.3, 0.4) is 0 Å². The van der Waals surface area contributed by atoms with Crippen molar-refractivity contribution in [2.45, 2.75) is 56.7 Å². The van der Waals surface area contributed by atoms with Gasteiger partial charge in [-0.25, -0.2) is 0 Å². The summed E-state index contributed by atoms with van der Waals surface area (Å²) in [5.41, 5.74) is 1.92. The third-order valence-electron chi connectivity index (χ3n) is 5.25. The molecule has 120 valence electrons. The Morgan fingerprint density at radius 2 is 2.05 bits per heavy atom. The molecule has 0 spiro atoms. The number of nitrogens with zero attached hydrogens (tertiary/aromatic N) is 1. The Morgan fingerprint density at radius 1 is 1.36 bits per heavy atom. The molecule has 3 rings (SSSR count). The lowest BCUT2D eigenvalue weighted by molar-refractivity contribution is -0.155. The monoisotopic (exact) mass is 303 g/mol. The first-order chi connectivity index (χ1) is 10.6. The Balaban J connectivity index is 1.66. The molecule has 2 bridgehead atoms. The summed E-state index contributed by atoms with van der Waals surface area (Å²) in [7, 11) is 2.17. The van der Waals surface area contributed by atoms with Crippen molar-refractivity contribution in [2.24, 2.45) is 0 Å². The van der Waals surface area contributed by atoms with Gasteiger partial charge in [0, 0.05) is 12.1 Å². The van der Waals surface area contributed by atoms with E-state index in [9.17, 15) is 9.90 Å². The van der Waals surface area contributed by atoms with E-state index in [1.807, 2.05) is 31.2 Å². The van der Waals surface area contributed by atoms with Crippen molar-refractivity contribution in [3.8, 4) is 0 Å². The highest BCUT2D eigenvalue weighted by atomic mass is 16.5. The summed E-state index contributed by atoms with van der Waals surface area (Å²) in [6.45, 7) is 1.78. The number of carbonyl (C=O) groups is 1. The van der Waals surface area contributed by atoms with Crippen LogP contribution in [0.25, 0.3) is 0 Å². The fraction of sp³-hybridized carbons (Fsp3) is 0.611. The van der Waals surface area contributed by atoms with E-state index in [1.165, 1.54) is 12.8 Å². The van der Waals surface area contributed by atoms with E-state index in [-0.39, 0.29) is 18.7 Å². The Kier molecular flexibility index (Phi) is 4.50. The summed E-state index contributed by atoms with van der Waals surface area (Å²) < 4.78 is 5.74. The minimum Gasteiger partial charge on any atom is -0.462 e. The number of hydrogen-bond donors (Lipinski definition) is 1. The fourth-order valence-electron chi connectivity index (χ4n) is 3.91. The smallest absolute Gasteiger partial charge is 0.316 e. The van der Waals surface area contributed by atoms with Crippen molar-refractivity contribution >= 4 is 5.97 Å². The Morgan fingerprint density at radius 3 is 2.64 bits per heavy atom. The van der Waals surface area contributed by atoms with Gasteiger partial charge in [0.1, 0.15) is 12.0 Å². The zero-order valence-corrected chi connectivity index (χ0v) is 13.4. The van der Waals surface area contributed by atoms with Crippen molar-refractivity contribution < 1.29 is 14.6 Å². The third-order valence-corrected chi connectivity index (χ3v) is 5.25. The van der Waals surface area contributed by atoms with Crippen LogP contribution in [-0.2, 0) is 9.53 Å². The molecular formula is C18H25NO3. The molecule has 0 aliphatic carbocycles. The maximum absolute atomic E-state index is 12.5. The van der Waals surface area contributed by atoms with Gasteiger partial charge in [0.05, 0.1) is 6.61 Å². The van der Waals surface area contributed by atoms with E-state index in [2.05, 4.69) is 11.9 Å². The quantitative estimate of drug-likeness (QED) is 0.867. The first kappa shape index (κ1) is 15.5. The van der Waals surface area contributed by atoms with Gasteiger partial charge in [-0.1, -0.05) is 29.8 Å². The molecule has 2 aliphatic heterocycles. The molecule has 2 aliphatic rings. The van der Waals surface area contributed by atoms with Crippen molar-refractivity contribution in [1.82, 2.24) is 4.90 Å². The molecule has 2 heterocycles. The van der Waals surface area contributed by atoms with Gasteiger partial charge in [0.2, 0.25) is 0 Å². The lowest BCUT2D eigenvalue weighted by Crippen LogP contribution is -2.43. The Hall–Kier alpha value is -1.39. The van der Waals surface area contributed by atoms with E-state index in [4.69, 9.17) is 4.74 Å². The molecule has 2 saturated heterocycles. The Labute approximate surface area is 132 Å². The molecule has 3 atom stereocenters. The number of benzene rings is 1. The molecule has 1 aromatic carbocycles. The van der Waals surface area contributed by atoms with Gasteiger partial charge >= 0.3 is 5.97 Å². The second kappa shape index (κ2) is 6.39. The molecule has 0 radical (unpaired) electrons. The molecule has 1 aromatic rings. The molecular weight excluding hydrogens is 278 g/mol. The van der Waals surface area contributed by atoms with Crippen molar-refractivity contribution in [2.75, 3.05) is 13.7 Å². The normalized spacial score (nSPS) is 29.3. The predicted octanol–water partition coefficient (Wildman–Crippen LogP) is 2.24. The standard InChI is InChI=1S/C18H25NO3/c1-12-4-3-5-13(8-12)17(11-20)18(21)22-16-9-14-6-7-15(10-16)19(14)2/h3-5,8,14-17,20H,6-7,9-11H2,1-2H3. The maximum Gasteiger partial charge on any atom is 0.316 e. The van der Waals surface area contributed by atoms with Crippen LogP contribution in [0.2, 0.25) is 0 Å². The van der Waals surface area contributed by atoms with Gasteiger partial charge in [0.25, 0.3) is 0 Å². The highest BCUT2D eigenvalue weighted by molar-refractivity contribution is 5.78. The molecule has 4 nitrogen and oxygen atoms in total. The van der Waals surface area contributed by atoms with E-state index < -0.39 is 5.92 Å². The lowest BCUT2D eigenvalue weighted by atomic mass is 9.97. The van der Waals surface area contributed by atoms with Gasteiger partial charge < -0.3 is 14.7 Å². The molecule has 2 fully saturated rings. The van der Waals surface area contributed by atoms with E-state index in [1.54, 1.807) is 0 Å². The van der Waals surface area contributed by atoms with Crippen LogP contribution in [0.1, 0.15) is 42.7 Å². The summed E-state index contributed by atoms with van der Waals surface area (Å²) in [4.78, 5) is 14.9. The number of aliphatic hydroxyl groups is 1. The lowest BCUT2D eigenvalue weighted by Gasteiger charge is -2.36. The SMILES string of the molecule is Cc1cccc(C(CO)C(=O)OC2CC3CCC(C2)N3C)c1. The van der Waals surface area contributed by atoms with Crippen LogP contribution in [-0.4, -0.2) is 47.8 Å². The first-order valence-electron chi connectivity index (χ1n) is 8.18. The number of carbonyl (C=O) groups excluding carboxylic acids is 1. The average Bonchev–Trinajstić information content (AvgIpc) is 2.71. The summed E-state index contributed by atoms with van der Waals surface area (Å²) >= 11 is 0. The Bertz CT molecular complexity index is 531. The van der Waals surface area contributed by atoms with E-state index >= 15 is 0 Å². The van der Waals surface area contributed by atoms with E-state index in [0.717, 1.165) is 24.0 Å². The number of hydrogen-bond acceptors (Lipinski definition) is 4. The average molecular weight is 303 g/mol. The van der Waals surface area contributed by atoms with Crippen molar-refractivity contribution in [3.05, 3.63) is 35.4 Å². The van der Waals surface area contributed by atoms with Crippen LogP contribution in [0.15, 0.2) is 24.3 Å². The van der Waals surface area contributed by atoms with Gasteiger partial charge in [-0.15, -0.1) is 0 Å². The van der Waals surface area contributed by atoms with Crippen LogP contribution in [0.4, 0.5) is 0 Å². The topological polar surface area (TPSA) is 49.8 Å². The molecule has 4 heteroatoms. The molecule has 1 N–H and O–H groups in total. The number of aryl methyl sites for hydroxylation is 1. The van der Waals surface area contributed by atoms with Gasteiger partial charge in [-0.05, 0) is 45.2 Å². The second-order valence-corrected chi connectivity index (χ2v) is 6.73. The van der Waals surface area contributed by atoms with Crippen LogP contribution >= 0.6 is 0 Å². The number of rotatable bonds is 4. The van der Waals surface area contributed by atoms with Crippen molar-refractivity contribution in [1.29, 1.82) is 0 Å². The van der Waals surface area contributed by atoms with Gasteiger partial charge in [-0.2, -0.15) is 0 Å². The van der Waals surface area contributed by atoms with Gasteiger partial charge in [-0.3, -0.25) is 4.79 Å². The van der Waals surface area contributed by atoms with E-state index in [0.29, 0.717) is 12.1 Å². The summed E-state index contributed by atoms with van der Waals surface area (Å²) in [6.07, 6.45) is 4.25. The number of fused-ring (bicyclic) bond motifs is 2. The highest BCUT2D eigenvalue weighted by Gasteiger charge is 2.40. The molecule has 0 aromatic heterocycles. The van der Waals surface area contributed by atoms with Crippen molar-refractivity contribution in [3.63, 3.8) is 0 Å². The minimum absolute atomic E-state index is 0.0000548. The zero-order chi connectivity index (χ0) is 15.7. The number of ether oxygens (including phenoxy) is 1. The molecule has 0 saturated carbocycles. The predicted molar refractivity (Wildman–Crippen MR) is 84.7 cm³/mol. The first-order valence-corrected chi connectivity index (χ1v) is 8.18. The summed E-state index contributed by atoms with van der Waals surface area (Å²) in [5.74, 6) is -0.862. The van der Waals surface area contributed by atoms with Crippen LogP contribution in [0.5, 0.6) is 0 Å². The molecule has 0 amide bonds. The largest absolute Gasteiger partial charge is 0.462 e. The highest BCUT2D eigenvalue weighted by Crippen LogP contribution is 2.36. The minimum atomic E-state index is -0.572. The number of aliphatic hydroxyl groups excluding tert-OH is 1. The summed E-state index contributed by atoms with van der Waals surface area (Å²) in [6, 6.07) is 8.81. The molecule has 22 heavy (non-hydrogen) atoms. The maximum atomic E-state index is 12.5. The molecule has 3 unspecified atom stereocenters. The zero-order valence-electron chi connectivity index (χ0n) is 13.4.